The average Bonchev–Trinajstić information content (AvgIpc) is 2.77. The molecule has 0 radical (unpaired) electrons. The molecule has 0 atom stereocenters. The van der Waals surface area contributed by atoms with Crippen molar-refractivity contribution in [3.8, 4) is 0 Å². The fourth-order valence-corrected chi connectivity index (χ4v) is 4.81. The first-order valence-corrected chi connectivity index (χ1v) is 11.2. The van der Waals surface area contributed by atoms with Crippen molar-refractivity contribution in [2.75, 3.05) is 38.6 Å². The molecule has 1 aromatic heterocycles. The van der Waals surface area contributed by atoms with Crippen molar-refractivity contribution in [3.63, 3.8) is 0 Å². The molecule has 2 aromatic rings. The molecule has 2 aliphatic heterocycles. The van der Waals surface area contributed by atoms with E-state index >= 15 is 4.39 Å². The van der Waals surface area contributed by atoms with Gasteiger partial charge in [0.1, 0.15) is 5.67 Å². The molecule has 7 heteroatoms. The van der Waals surface area contributed by atoms with Crippen LogP contribution in [0.5, 0.6) is 0 Å². The highest BCUT2D eigenvalue weighted by Gasteiger charge is 2.35. The molecule has 2 aliphatic rings. The van der Waals surface area contributed by atoms with Crippen molar-refractivity contribution in [2.45, 2.75) is 44.2 Å². The first kappa shape index (κ1) is 21.5. The topological polar surface area (TPSA) is 68.5 Å². The van der Waals surface area contributed by atoms with Gasteiger partial charge < -0.3 is 15.4 Å². The van der Waals surface area contributed by atoms with Crippen LogP contribution < -0.4 is 5.73 Å². The van der Waals surface area contributed by atoms with Gasteiger partial charge in [0.05, 0.1) is 16.2 Å². The molecule has 0 bridgehead atoms. The van der Waals surface area contributed by atoms with Crippen LogP contribution in [0.25, 0.3) is 10.9 Å². The van der Waals surface area contributed by atoms with Crippen LogP contribution in [0.15, 0.2) is 24.4 Å². The Bertz CT molecular complexity index is 909. The number of carbonyl (C=O) groups is 1. The lowest BCUT2D eigenvalue weighted by molar-refractivity contribution is 0.0202. The van der Waals surface area contributed by atoms with E-state index < -0.39 is 5.67 Å². The van der Waals surface area contributed by atoms with Gasteiger partial charge in [0.25, 0.3) is 0 Å². The van der Waals surface area contributed by atoms with E-state index in [2.05, 4.69) is 9.88 Å². The second-order valence-electron chi connectivity index (χ2n) is 8.65. The number of ether oxygens (including phenoxy) is 1. The summed E-state index contributed by atoms with van der Waals surface area (Å²) in [7, 11) is 0. The van der Waals surface area contributed by atoms with Crippen molar-refractivity contribution >= 4 is 34.0 Å². The van der Waals surface area contributed by atoms with E-state index in [4.69, 9.17) is 22.1 Å². The maximum Gasteiger partial charge on any atom is 0.165 e. The Morgan fingerprint density at radius 2 is 2.07 bits per heavy atom. The fraction of sp³-hybridized carbons (Fsp3) is 0.565. The van der Waals surface area contributed by atoms with Gasteiger partial charge in [-0.15, -0.1) is 0 Å². The zero-order valence-electron chi connectivity index (χ0n) is 17.2. The molecule has 3 heterocycles. The van der Waals surface area contributed by atoms with Gasteiger partial charge in [-0.25, -0.2) is 4.39 Å². The minimum atomic E-state index is -1.29. The summed E-state index contributed by atoms with van der Waals surface area (Å²) in [4.78, 5) is 19.6. The van der Waals surface area contributed by atoms with Crippen LogP contribution in [-0.2, 0) is 4.74 Å². The van der Waals surface area contributed by atoms with Crippen molar-refractivity contribution < 1.29 is 13.9 Å². The number of ketones is 1. The number of aromatic nitrogens is 1. The highest BCUT2D eigenvalue weighted by atomic mass is 35.5. The van der Waals surface area contributed by atoms with E-state index in [0.717, 1.165) is 45.7 Å². The molecule has 0 unspecified atom stereocenters. The Hall–Kier alpha value is -1.76. The van der Waals surface area contributed by atoms with E-state index in [1.54, 1.807) is 24.4 Å². The van der Waals surface area contributed by atoms with Crippen molar-refractivity contribution in [2.24, 2.45) is 5.92 Å². The van der Waals surface area contributed by atoms with Crippen LogP contribution in [0.2, 0.25) is 5.02 Å². The summed E-state index contributed by atoms with van der Waals surface area (Å²) in [6.45, 7) is 4.21. The summed E-state index contributed by atoms with van der Waals surface area (Å²) in [5.74, 6) is 0.519. The van der Waals surface area contributed by atoms with Gasteiger partial charge in [0.15, 0.2) is 5.78 Å². The van der Waals surface area contributed by atoms with E-state index in [-0.39, 0.29) is 18.6 Å². The van der Waals surface area contributed by atoms with Gasteiger partial charge in [0, 0.05) is 56.4 Å². The van der Waals surface area contributed by atoms with Crippen LogP contribution >= 0.6 is 11.6 Å². The number of benzene rings is 1. The Labute approximate surface area is 181 Å². The maximum absolute atomic E-state index is 15.4. The molecule has 0 aliphatic carbocycles. The molecule has 5 nitrogen and oxygen atoms in total. The van der Waals surface area contributed by atoms with Crippen LogP contribution in [-0.4, -0.2) is 54.2 Å². The number of Topliss-reactive ketones (excluding diaryl/α,β-unsaturated/α-hetero) is 1. The molecular weight excluding hydrogens is 405 g/mol. The highest BCUT2D eigenvalue weighted by Crippen LogP contribution is 2.35. The molecule has 4 rings (SSSR count). The van der Waals surface area contributed by atoms with Gasteiger partial charge >= 0.3 is 0 Å². The zero-order chi connectivity index (χ0) is 21.1. The molecule has 162 valence electrons. The second-order valence-corrected chi connectivity index (χ2v) is 9.06. The Morgan fingerprint density at radius 3 is 2.80 bits per heavy atom. The molecule has 0 saturated carbocycles. The second kappa shape index (κ2) is 9.16. The molecule has 0 spiro atoms. The van der Waals surface area contributed by atoms with Crippen LogP contribution in [0, 0.1) is 5.92 Å². The molecule has 30 heavy (non-hydrogen) atoms. The number of halogens is 2. The number of piperidine rings is 1. The average molecular weight is 434 g/mol. The number of carbonyl (C=O) groups excluding carboxylic acids is 1. The van der Waals surface area contributed by atoms with E-state index in [1.807, 2.05) is 0 Å². The number of alkyl halides is 1. The lowest BCUT2D eigenvalue weighted by Crippen LogP contribution is -2.44. The molecule has 1 aromatic carbocycles. The number of rotatable bonds is 6. The molecule has 2 saturated heterocycles. The predicted molar refractivity (Wildman–Crippen MR) is 118 cm³/mol. The van der Waals surface area contributed by atoms with Crippen LogP contribution in [0.3, 0.4) is 0 Å². The Kier molecular flexibility index (Phi) is 6.56. The van der Waals surface area contributed by atoms with Crippen molar-refractivity contribution in [1.82, 2.24) is 9.88 Å². The zero-order valence-corrected chi connectivity index (χ0v) is 18.0. The van der Waals surface area contributed by atoms with Gasteiger partial charge in [-0.2, -0.15) is 0 Å². The molecular formula is C23H29ClFN3O2. The van der Waals surface area contributed by atoms with E-state index in [1.165, 1.54) is 0 Å². The third kappa shape index (κ3) is 4.76. The van der Waals surface area contributed by atoms with Crippen LogP contribution in [0.1, 0.15) is 48.9 Å². The molecule has 0 amide bonds. The number of hydrogen-bond donors (Lipinski definition) is 1. The lowest BCUT2D eigenvalue weighted by Gasteiger charge is -2.38. The highest BCUT2D eigenvalue weighted by molar-refractivity contribution is 6.35. The quantitative estimate of drug-likeness (QED) is 0.529. The fourth-order valence-electron chi connectivity index (χ4n) is 4.60. The number of fused-ring (bicyclic) bond motifs is 1. The van der Waals surface area contributed by atoms with Gasteiger partial charge in [-0.05, 0) is 56.2 Å². The van der Waals surface area contributed by atoms with Crippen molar-refractivity contribution in [3.05, 3.63) is 35.0 Å². The minimum Gasteiger partial charge on any atom is -0.397 e. The van der Waals surface area contributed by atoms with E-state index in [9.17, 15) is 4.79 Å². The summed E-state index contributed by atoms with van der Waals surface area (Å²) in [6.07, 6.45) is 5.14. The standard InChI is InChI=1S/C23H29ClFN3O2/c24-19-14-18(22-17(21(19)26)2-1-9-27-22)20(29)3-6-23(25)7-10-28(11-8-23)15-16-4-12-30-13-5-16/h1-2,9,14,16H,3-8,10-13,15,26H2. The van der Waals surface area contributed by atoms with Crippen molar-refractivity contribution in [1.29, 1.82) is 0 Å². The monoisotopic (exact) mass is 433 g/mol. The summed E-state index contributed by atoms with van der Waals surface area (Å²) < 4.78 is 20.8. The first-order valence-electron chi connectivity index (χ1n) is 10.8. The number of pyridine rings is 1. The number of nitrogen functional groups attached to an aromatic ring is 1. The SMILES string of the molecule is Nc1c(Cl)cc(C(=O)CCC2(F)CCN(CC3CCOCC3)CC2)c2ncccc12. The summed E-state index contributed by atoms with van der Waals surface area (Å²) in [5.41, 5.74) is 6.10. The third-order valence-corrected chi connectivity index (χ3v) is 6.90. The lowest BCUT2D eigenvalue weighted by atomic mass is 9.86. The number of nitrogens with two attached hydrogens (primary N) is 1. The Balaban J connectivity index is 1.35. The summed E-state index contributed by atoms with van der Waals surface area (Å²) in [5, 5.41) is 0.986. The maximum atomic E-state index is 15.4. The normalized spacial score (nSPS) is 20.5. The molecule has 2 fully saturated rings. The summed E-state index contributed by atoms with van der Waals surface area (Å²) >= 11 is 6.22. The van der Waals surface area contributed by atoms with Gasteiger partial charge in [0.2, 0.25) is 0 Å². The number of nitrogens with zero attached hydrogens (tertiary/aromatic N) is 2. The smallest absolute Gasteiger partial charge is 0.165 e. The Morgan fingerprint density at radius 1 is 1.33 bits per heavy atom. The largest absolute Gasteiger partial charge is 0.397 e. The number of likely N-dealkylation sites (tertiary alicyclic amines) is 1. The predicted octanol–water partition coefficient (Wildman–Crippen LogP) is 4.66. The minimum absolute atomic E-state index is 0.137. The number of anilines is 1. The number of hydrogen-bond acceptors (Lipinski definition) is 5. The van der Waals surface area contributed by atoms with Gasteiger partial charge in [-0.3, -0.25) is 9.78 Å². The third-order valence-electron chi connectivity index (χ3n) is 6.59. The summed E-state index contributed by atoms with van der Waals surface area (Å²) in [6, 6.07) is 5.12. The van der Waals surface area contributed by atoms with E-state index in [0.29, 0.717) is 45.9 Å². The molecule has 2 N–H and O–H groups in total. The first-order chi connectivity index (χ1) is 14.5. The van der Waals surface area contributed by atoms with Crippen LogP contribution in [0.4, 0.5) is 10.1 Å². The van der Waals surface area contributed by atoms with Gasteiger partial charge in [-0.1, -0.05) is 11.6 Å².